The molecule has 0 N–H and O–H groups in total. The smallest absolute Gasteiger partial charge is 0.0102 e. The fraction of sp³-hybridized carbons (Fsp3) is 1.00. The van der Waals surface area contributed by atoms with Gasteiger partial charge in [-0.2, -0.15) is 0 Å². The van der Waals surface area contributed by atoms with Crippen LogP contribution in [0.2, 0.25) is 0 Å². The van der Waals surface area contributed by atoms with Gasteiger partial charge < -0.3 is 4.55 Å². The van der Waals surface area contributed by atoms with Crippen molar-refractivity contribution in [1.82, 2.24) is 0 Å². The molecule has 1 unspecified atom stereocenters. The third-order valence-corrected chi connectivity index (χ3v) is 1.71. The molecule has 0 saturated heterocycles. The molecule has 1 atom stereocenters. The van der Waals surface area contributed by atoms with Crippen molar-refractivity contribution < 1.29 is 8.76 Å². The SMILES string of the molecule is CC(C)CCCS(=O)[O-]. The average Bonchev–Trinajstić information content (AvgIpc) is 1.63. The molecule has 0 spiro atoms. The summed E-state index contributed by atoms with van der Waals surface area (Å²) in [6, 6.07) is 0. The first-order valence-corrected chi connectivity index (χ1v) is 4.43. The second kappa shape index (κ2) is 4.94. The molecule has 0 heterocycles. The van der Waals surface area contributed by atoms with Crippen LogP contribution in [-0.4, -0.2) is 14.5 Å². The maximum Gasteiger partial charge on any atom is 0.0102 e. The van der Waals surface area contributed by atoms with Crippen LogP contribution in [0.5, 0.6) is 0 Å². The molecule has 3 heteroatoms. The van der Waals surface area contributed by atoms with Gasteiger partial charge >= 0.3 is 0 Å². The van der Waals surface area contributed by atoms with E-state index in [0.717, 1.165) is 12.8 Å². The number of hydrogen-bond acceptors (Lipinski definition) is 2. The van der Waals surface area contributed by atoms with Crippen LogP contribution in [0.25, 0.3) is 0 Å². The first-order chi connectivity index (χ1) is 4.13. The monoisotopic (exact) mass is 149 g/mol. The molecule has 0 aromatic heterocycles. The molecule has 9 heavy (non-hydrogen) atoms. The zero-order valence-electron chi connectivity index (χ0n) is 5.92. The molecule has 0 amide bonds. The summed E-state index contributed by atoms with van der Waals surface area (Å²) in [4.78, 5) is 0. The Kier molecular flexibility index (Phi) is 5.00. The van der Waals surface area contributed by atoms with Crippen LogP contribution in [-0.2, 0) is 11.1 Å². The zero-order valence-corrected chi connectivity index (χ0v) is 6.74. The molecule has 0 aliphatic heterocycles. The van der Waals surface area contributed by atoms with Crippen molar-refractivity contribution in [2.45, 2.75) is 26.7 Å². The van der Waals surface area contributed by atoms with Crippen molar-refractivity contribution in [3.05, 3.63) is 0 Å². The van der Waals surface area contributed by atoms with Crippen LogP contribution < -0.4 is 0 Å². The lowest BCUT2D eigenvalue weighted by molar-refractivity contribution is 0.523. The summed E-state index contributed by atoms with van der Waals surface area (Å²) < 4.78 is 20.0. The highest BCUT2D eigenvalue weighted by molar-refractivity contribution is 7.79. The predicted octanol–water partition coefficient (Wildman–Crippen LogP) is 1.30. The first-order valence-electron chi connectivity index (χ1n) is 3.18. The van der Waals surface area contributed by atoms with E-state index in [-0.39, 0.29) is 0 Å². The summed E-state index contributed by atoms with van der Waals surface area (Å²) >= 11 is -1.83. The summed E-state index contributed by atoms with van der Waals surface area (Å²) in [5, 5.41) is 0. The predicted molar refractivity (Wildman–Crippen MR) is 37.9 cm³/mol. The van der Waals surface area contributed by atoms with Crippen LogP contribution in [0.3, 0.4) is 0 Å². The Hall–Kier alpha value is 0.110. The van der Waals surface area contributed by atoms with Gasteiger partial charge in [0.15, 0.2) is 0 Å². The first kappa shape index (κ1) is 9.11. The van der Waals surface area contributed by atoms with Crippen molar-refractivity contribution in [2.24, 2.45) is 5.92 Å². The van der Waals surface area contributed by atoms with Gasteiger partial charge in [-0.15, -0.1) is 0 Å². The van der Waals surface area contributed by atoms with E-state index >= 15 is 0 Å². The van der Waals surface area contributed by atoms with Gasteiger partial charge in [0.1, 0.15) is 0 Å². The van der Waals surface area contributed by atoms with Gasteiger partial charge in [0.25, 0.3) is 0 Å². The van der Waals surface area contributed by atoms with Crippen molar-refractivity contribution in [1.29, 1.82) is 0 Å². The summed E-state index contributed by atoms with van der Waals surface area (Å²) in [5.74, 6) is 0.937. The molecule has 0 aromatic carbocycles. The molecular weight excluding hydrogens is 136 g/mol. The highest BCUT2D eigenvalue weighted by atomic mass is 32.2. The fourth-order valence-electron chi connectivity index (χ4n) is 0.609. The fourth-order valence-corrected chi connectivity index (χ4v) is 1.01. The normalized spacial score (nSPS) is 14.2. The molecular formula is C6H13O2S-. The summed E-state index contributed by atoms with van der Waals surface area (Å²) in [6.07, 6.45) is 1.81. The minimum atomic E-state index is -1.83. The highest BCUT2D eigenvalue weighted by Crippen LogP contribution is 2.02. The minimum Gasteiger partial charge on any atom is -0.772 e. The number of hydrogen-bond donors (Lipinski definition) is 0. The molecule has 56 valence electrons. The lowest BCUT2D eigenvalue weighted by atomic mass is 10.1. The molecule has 0 aliphatic carbocycles. The zero-order chi connectivity index (χ0) is 7.28. The van der Waals surface area contributed by atoms with Gasteiger partial charge in [0.2, 0.25) is 0 Å². The molecule has 0 fully saturated rings. The van der Waals surface area contributed by atoms with E-state index in [1.165, 1.54) is 0 Å². The Labute approximate surface area is 58.9 Å². The second-order valence-electron chi connectivity index (χ2n) is 2.54. The summed E-state index contributed by atoms with van der Waals surface area (Å²) in [6.45, 7) is 4.18. The topological polar surface area (TPSA) is 40.1 Å². The third-order valence-electron chi connectivity index (χ3n) is 1.09. The lowest BCUT2D eigenvalue weighted by Gasteiger charge is -2.05. The van der Waals surface area contributed by atoms with Crippen molar-refractivity contribution >= 4 is 11.1 Å². The largest absolute Gasteiger partial charge is 0.772 e. The van der Waals surface area contributed by atoms with Crippen LogP contribution >= 0.6 is 0 Å². The second-order valence-corrected chi connectivity index (χ2v) is 3.56. The van der Waals surface area contributed by atoms with Gasteiger partial charge in [-0.3, -0.25) is 4.21 Å². The van der Waals surface area contributed by atoms with Crippen molar-refractivity contribution in [2.75, 3.05) is 5.75 Å². The van der Waals surface area contributed by atoms with Gasteiger partial charge in [0.05, 0.1) is 0 Å². The molecule has 0 bridgehead atoms. The quantitative estimate of drug-likeness (QED) is 0.565. The maximum atomic E-state index is 9.98. The van der Waals surface area contributed by atoms with Gasteiger partial charge in [-0.1, -0.05) is 31.3 Å². The number of rotatable bonds is 4. The lowest BCUT2D eigenvalue weighted by Crippen LogP contribution is -1.97. The van der Waals surface area contributed by atoms with Crippen molar-refractivity contribution in [3.8, 4) is 0 Å². The average molecular weight is 149 g/mol. The molecule has 2 nitrogen and oxygen atoms in total. The molecule has 0 aliphatic rings. The Morgan fingerprint density at radius 1 is 1.56 bits per heavy atom. The van der Waals surface area contributed by atoms with Gasteiger partial charge in [0, 0.05) is 5.75 Å². The van der Waals surface area contributed by atoms with E-state index in [1.807, 2.05) is 0 Å². The minimum absolute atomic E-state index is 0.318. The Balaban J connectivity index is 3.01. The highest BCUT2D eigenvalue weighted by Gasteiger charge is 1.92. The molecule has 0 aromatic rings. The summed E-state index contributed by atoms with van der Waals surface area (Å²) in [5.41, 5.74) is 0. The van der Waals surface area contributed by atoms with Crippen LogP contribution in [0, 0.1) is 5.92 Å². The van der Waals surface area contributed by atoms with E-state index in [2.05, 4.69) is 13.8 Å². The molecule has 0 rings (SSSR count). The Bertz CT molecular complexity index is 91.1. The van der Waals surface area contributed by atoms with E-state index in [1.54, 1.807) is 0 Å². The standard InChI is InChI=1S/C6H14O2S/c1-6(2)4-3-5-9(7)8/h6H,3-5H2,1-2H3,(H,7,8)/p-1. The maximum absolute atomic E-state index is 9.98. The summed E-state index contributed by atoms with van der Waals surface area (Å²) in [7, 11) is 0. The molecule has 0 saturated carbocycles. The van der Waals surface area contributed by atoms with Gasteiger partial charge in [-0.25, -0.2) is 0 Å². The van der Waals surface area contributed by atoms with Crippen molar-refractivity contribution in [3.63, 3.8) is 0 Å². The van der Waals surface area contributed by atoms with Crippen LogP contribution in [0.1, 0.15) is 26.7 Å². The van der Waals surface area contributed by atoms with Gasteiger partial charge in [-0.05, 0) is 12.3 Å². The van der Waals surface area contributed by atoms with E-state index in [9.17, 15) is 8.76 Å². The van der Waals surface area contributed by atoms with Crippen LogP contribution in [0.4, 0.5) is 0 Å². The Morgan fingerprint density at radius 2 is 2.11 bits per heavy atom. The van der Waals surface area contributed by atoms with Crippen LogP contribution in [0.15, 0.2) is 0 Å². The van der Waals surface area contributed by atoms with E-state index in [0.29, 0.717) is 11.7 Å². The van der Waals surface area contributed by atoms with E-state index < -0.39 is 11.1 Å². The van der Waals surface area contributed by atoms with E-state index in [4.69, 9.17) is 0 Å². The third kappa shape index (κ3) is 8.11. The Morgan fingerprint density at radius 3 is 2.44 bits per heavy atom. The molecule has 0 radical (unpaired) electrons.